The molecule has 2 nitrogen and oxygen atoms in total. The highest BCUT2D eigenvalue weighted by Crippen LogP contribution is 2.20. The van der Waals surface area contributed by atoms with E-state index in [0.29, 0.717) is 12.0 Å². The number of aromatic nitrogens is 1. The zero-order chi connectivity index (χ0) is 13.1. The molecule has 0 amide bonds. The van der Waals surface area contributed by atoms with Crippen LogP contribution in [0.4, 0.5) is 4.39 Å². The number of nitrogens with two attached hydrogens (primary N) is 1. The number of hydrogen-bond acceptors (Lipinski definition) is 2. The lowest BCUT2D eigenvalue weighted by molar-refractivity contribution is 0.589. The highest BCUT2D eigenvalue weighted by molar-refractivity contribution is 9.10. The third-order valence-corrected chi connectivity index (χ3v) is 3.55. The standard InChI is InChI=1S/C13H11Br2FN2/c14-9-2-1-8(11(16)6-9)5-12(17)13-4-3-10(15)7-18-13/h1-4,6-7,12H,5,17H2. The maximum Gasteiger partial charge on any atom is 0.127 e. The number of nitrogens with zero attached hydrogens (tertiary/aromatic N) is 1. The molecule has 0 aliphatic heterocycles. The van der Waals surface area contributed by atoms with Crippen LogP contribution in [0.5, 0.6) is 0 Å². The summed E-state index contributed by atoms with van der Waals surface area (Å²) in [5.74, 6) is -0.253. The second-order valence-corrected chi connectivity index (χ2v) is 5.78. The Morgan fingerprint density at radius 1 is 1.17 bits per heavy atom. The molecular formula is C13H11Br2FN2. The van der Waals surface area contributed by atoms with E-state index in [1.165, 1.54) is 6.07 Å². The van der Waals surface area contributed by atoms with Gasteiger partial charge in [-0.2, -0.15) is 0 Å². The molecule has 0 saturated heterocycles. The third kappa shape index (κ3) is 3.37. The van der Waals surface area contributed by atoms with Crippen molar-refractivity contribution < 1.29 is 4.39 Å². The van der Waals surface area contributed by atoms with Crippen LogP contribution in [0.25, 0.3) is 0 Å². The summed E-state index contributed by atoms with van der Waals surface area (Å²) in [4.78, 5) is 4.22. The largest absolute Gasteiger partial charge is 0.322 e. The predicted octanol–water partition coefficient (Wildman–Crippen LogP) is 3.99. The fraction of sp³-hybridized carbons (Fsp3) is 0.154. The van der Waals surface area contributed by atoms with Crippen molar-refractivity contribution in [3.05, 3.63) is 62.5 Å². The van der Waals surface area contributed by atoms with E-state index in [4.69, 9.17) is 5.73 Å². The SMILES string of the molecule is NC(Cc1ccc(Br)cc1F)c1ccc(Br)cn1. The molecule has 0 aliphatic carbocycles. The molecule has 0 spiro atoms. The van der Waals surface area contributed by atoms with Gasteiger partial charge in [-0.3, -0.25) is 4.98 Å². The molecule has 1 unspecified atom stereocenters. The Labute approximate surface area is 122 Å². The molecule has 2 rings (SSSR count). The van der Waals surface area contributed by atoms with E-state index in [-0.39, 0.29) is 11.9 Å². The molecular weight excluding hydrogens is 363 g/mol. The molecule has 0 fully saturated rings. The van der Waals surface area contributed by atoms with Gasteiger partial charge >= 0.3 is 0 Å². The van der Waals surface area contributed by atoms with Gasteiger partial charge in [0.2, 0.25) is 0 Å². The molecule has 0 bridgehead atoms. The highest BCUT2D eigenvalue weighted by Gasteiger charge is 2.11. The van der Waals surface area contributed by atoms with Crippen molar-refractivity contribution in [3.8, 4) is 0 Å². The first-order valence-electron chi connectivity index (χ1n) is 5.37. The summed E-state index contributed by atoms with van der Waals surface area (Å²) in [5, 5.41) is 0. The summed E-state index contributed by atoms with van der Waals surface area (Å²) in [6.45, 7) is 0. The van der Waals surface area contributed by atoms with Crippen molar-refractivity contribution in [2.45, 2.75) is 12.5 Å². The molecule has 1 aromatic carbocycles. The number of hydrogen-bond donors (Lipinski definition) is 1. The van der Waals surface area contributed by atoms with E-state index in [1.54, 1.807) is 18.3 Å². The molecule has 0 radical (unpaired) electrons. The Hall–Kier alpha value is -0.780. The molecule has 2 aromatic rings. The molecule has 94 valence electrons. The van der Waals surface area contributed by atoms with Crippen LogP contribution in [-0.4, -0.2) is 4.98 Å². The van der Waals surface area contributed by atoms with Gasteiger partial charge in [0.1, 0.15) is 5.82 Å². The highest BCUT2D eigenvalue weighted by atomic mass is 79.9. The second-order valence-electron chi connectivity index (χ2n) is 3.95. The Kier molecular flexibility index (Phi) is 4.48. The van der Waals surface area contributed by atoms with Crippen LogP contribution in [0.3, 0.4) is 0 Å². The van der Waals surface area contributed by atoms with Crippen molar-refractivity contribution in [2.75, 3.05) is 0 Å². The van der Waals surface area contributed by atoms with E-state index in [0.717, 1.165) is 14.6 Å². The van der Waals surface area contributed by atoms with Crippen LogP contribution >= 0.6 is 31.9 Å². The average Bonchev–Trinajstić information content (AvgIpc) is 2.33. The predicted molar refractivity (Wildman–Crippen MR) is 76.7 cm³/mol. The summed E-state index contributed by atoms with van der Waals surface area (Å²) in [6.07, 6.45) is 2.11. The molecule has 0 aliphatic rings. The molecule has 0 saturated carbocycles. The van der Waals surface area contributed by atoms with Gasteiger partial charge < -0.3 is 5.73 Å². The summed E-state index contributed by atoms with van der Waals surface area (Å²) in [7, 11) is 0. The number of pyridine rings is 1. The maximum atomic E-state index is 13.7. The van der Waals surface area contributed by atoms with Gasteiger partial charge in [0.05, 0.1) is 11.7 Å². The summed E-state index contributed by atoms with van der Waals surface area (Å²) in [6, 6.07) is 8.38. The topological polar surface area (TPSA) is 38.9 Å². The smallest absolute Gasteiger partial charge is 0.127 e. The van der Waals surface area contributed by atoms with Gasteiger partial charge in [-0.15, -0.1) is 0 Å². The van der Waals surface area contributed by atoms with Gasteiger partial charge in [0.25, 0.3) is 0 Å². The molecule has 18 heavy (non-hydrogen) atoms. The minimum absolute atomic E-state index is 0.253. The Morgan fingerprint density at radius 2 is 1.89 bits per heavy atom. The summed E-state index contributed by atoms with van der Waals surface area (Å²) in [5.41, 5.74) is 7.37. The fourth-order valence-electron chi connectivity index (χ4n) is 1.64. The molecule has 1 atom stereocenters. The average molecular weight is 374 g/mol. The molecule has 5 heteroatoms. The maximum absolute atomic E-state index is 13.7. The lowest BCUT2D eigenvalue weighted by atomic mass is 10.0. The van der Waals surface area contributed by atoms with Crippen LogP contribution in [0.1, 0.15) is 17.3 Å². The van der Waals surface area contributed by atoms with Gasteiger partial charge in [-0.05, 0) is 52.2 Å². The van der Waals surface area contributed by atoms with Crippen LogP contribution in [0.15, 0.2) is 45.5 Å². The lowest BCUT2D eigenvalue weighted by Gasteiger charge is -2.12. The Morgan fingerprint density at radius 3 is 2.50 bits per heavy atom. The van der Waals surface area contributed by atoms with Crippen molar-refractivity contribution >= 4 is 31.9 Å². The first kappa shape index (κ1) is 13.6. The third-order valence-electron chi connectivity index (χ3n) is 2.59. The van der Waals surface area contributed by atoms with Gasteiger partial charge in [-0.25, -0.2) is 4.39 Å². The normalized spacial score (nSPS) is 12.4. The van der Waals surface area contributed by atoms with Crippen molar-refractivity contribution in [1.29, 1.82) is 0 Å². The van der Waals surface area contributed by atoms with Crippen LogP contribution in [-0.2, 0) is 6.42 Å². The van der Waals surface area contributed by atoms with Crippen molar-refractivity contribution in [2.24, 2.45) is 5.73 Å². The van der Waals surface area contributed by atoms with Crippen molar-refractivity contribution in [1.82, 2.24) is 4.98 Å². The van der Waals surface area contributed by atoms with E-state index < -0.39 is 0 Å². The Bertz CT molecular complexity index is 543. The van der Waals surface area contributed by atoms with Crippen LogP contribution in [0, 0.1) is 5.82 Å². The first-order chi connectivity index (χ1) is 8.56. The van der Waals surface area contributed by atoms with E-state index >= 15 is 0 Å². The monoisotopic (exact) mass is 372 g/mol. The van der Waals surface area contributed by atoms with Crippen LogP contribution < -0.4 is 5.73 Å². The summed E-state index contributed by atoms with van der Waals surface area (Å²) < 4.78 is 15.3. The second kappa shape index (κ2) is 5.91. The first-order valence-corrected chi connectivity index (χ1v) is 6.96. The minimum atomic E-state index is -0.311. The Balaban J connectivity index is 2.15. The fourth-order valence-corrected chi connectivity index (χ4v) is 2.20. The molecule has 2 N–H and O–H groups in total. The van der Waals surface area contributed by atoms with Crippen LogP contribution in [0.2, 0.25) is 0 Å². The zero-order valence-electron chi connectivity index (χ0n) is 9.41. The number of benzene rings is 1. The van der Waals surface area contributed by atoms with E-state index in [1.807, 2.05) is 12.1 Å². The zero-order valence-corrected chi connectivity index (χ0v) is 12.6. The molecule has 1 aromatic heterocycles. The quantitative estimate of drug-likeness (QED) is 0.883. The van der Waals surface area contributed by atoms with E-state index in [2.05, 4.69) is 36.8 Å². The minimum Gasteiger partial charge on any atom is -0.322 e. The van der Waals surface area contributed by atoms with E-state index in [9.17, 15) is 4.39 Å². The number of rotatable bonds is 3. The number of halogens is 3. The lowest BCUT2D eigenvalue weighted by Crippen LogP contribution is -2.15. The summed E-state index contributed by atoms with van der Waals surface area (Å²) >= 11 is 6.54. The van der Waals surface area contributed by atoms with Crippen molar-refractivity contribution in [3.63, 3.8) is 0 Å². The van der Waals surface area contributed by atoms with Gasteiger partial charge in [-0.1, -0.05) is 22.0 Å². The van der Waals surface area contributed by atoms with Gasteiger partial charge in [0, 0.05) is 15.1 Å². The molecule has 1 heterocycles. The van der Waals surface area contributed by atoms with Gasteiger partial charge in [0.15, 0.2) is 0 Å².